The lowest BCUT2D eigenvalue weighted by molar-refractivity contribution is 0.174. The van der Waals surface area contributed by atoms with Crippen molar-refractivity contribution < 1.29 is 14.2 Å². The van der Waals surface area contributed by atoms with Gasteiger partial charge in [0.25, 0.3) is 0 Å². The molecular formula is C19H13N5O3. The van der Waals surface area contributed by atoms with Crippen molar-refractivity contribution in [3.8, 4) is 34.8 Å². The molecule has 132 valence electrons. The maximum atomic E-state index is 9.74. The molecule has 0 fully saturated rings. The number of rotatable bonds is 2. The number of benzene rings is 1. The van der Waals surface area contributed by atoms with E-state index in [1.165, 1.54) is 0 Å². The Morgan fingerprint density at radius 2 is 2.07 bits per heavy atom. The average molecular weight is 359 g/mol. The molecule has 2 aliphatic heterocycles. The molecule has 0 bridgehead atoms. The lowest BCUT2D eigenvalue weighted by atomic mass is 9.83. The molecule has 3 aromatic rings. The van der Waals surface area contributed by atoms with Gasteiger partial charge in [0, 0.05) is 6.20 Å². The van der Waals surface area contributed by atoms with Crippen molar-refractivity contribution in [3.63, 3.8) is 0 Å². The van der Waals surface area contributed by atoms with E-state index in [2.05, 4.69) is 21.3 Å². The summed E-state index contributed by atoms with van der Waals surface area (Å²) in [5.41, 5.74) is 9.20. The smallest absolute Gasteiger partial charge is 0.244 e. The summed E-state index contributed by atoms with van der Waals surface area (Å²) >= 11 is 0. The van der Waals surface area contributed by atoms with Crippen LogP contribution in [-0.4, -0.2) is 22.0 Å². The molecule has 8 nitrogen and oxygen atoms in total. The predicted octanol–water partition coefficient (Wildman–Crippen LogP) is 2.42. The first-order chi connectivity index (χ1) is 13.3. The summed E-state index contributed by atoms with van der Waals surface area (Å²) in [6.07, 6.45) is 1.69. The Morgan fingerprint density at radius 3 is 2.89 bits per heavy atom. The second-order valence-corrected chi connectivity index (χ2v) is 6.07. The number of aromatic nitrogens is 3. The van der Waals surface area contributed by atoms with E-state index in [4.69, 9.17) is 19.9 Å². The maximum Gasteiger partial charge on any atom is 0.244 e. The van der Waals surface area contributed by atoms with E-state index in [-0.39, 0.29) is 12.7 Å². The summed E-state index contributed by atoms with van der Waals surface area (Å²) in [5.74, 6) is 1.18. The summed E-state index contributed by atoms with van der Waals surface area (Å²) in [7, 11) is 0. The molecule has 0 saturated carbocycles. The van der Waals surface area contributed by atoms with E-state index in [9.17, 15) is 5.26 Å². The number of H-pyrrole nitrogens is 1. The minimum Gasteiger partial charge on any atom is -0.454 e. The average Bonchev–Trinajstić information content (AvgIpc) is 3.33. The first-order valence-corrected chi connectivity index (χ1v) is 8.23. The number of nitrogens with one attached hydrogen (secondary N) is 1. The number of fused-ring (bicyclic) bond motifs is 2. The minimum atomic E-state index is -0.469. The number of hydrogen-bond donors (Lipinski definition) is 2. The zero-order valence-electron chi connectivity index (χ0n) is 14.0. The van der Waals surface area contributed by atoms with Crippen molar-refractivity contribution in [3.05, 3.63) is 65.2 Å². The van der Waals surface area contributed by atoms with Gasteiger partial charge in [-0.25, -0.2) is 0 Å². The van der Waals surface area contributed by atoms with Crippen molar-refractivity contribution in [2.24, 2.45) is 5.73 Å². The number of nitrogens with zero attached hydrogens (tertiary/aromatic N) is 3. The molecule has 27 heavy (non-hydrogen) atoms. The molecule has 1 atom stereocenters. The van der Waals surface area contributed by atoms with E-state index in [0.717, 1.165) is 5.56 Å². The number of nitrogens with two attached hydrogens (primary N) is 1. The van der Waals surface area contributed by atoms with Crippen LogP contribution >= 0.6 is 0 Å². The zero-order chi connectivity index (χ0) is 18.4. The van der Waals surface area contributed by atoms with Crippen LogP contribution in [0.15, 0.2) is 54.1 Å². The van der Waals surface area contributed by atoms with E-state index < -0.39 is 5.92 Å². The number of hydrogen-bond acceptors (Lipinski definition) is 7. The van der Waals surface area contributed by atoms with Crippen LogP contribution in [0, 0.1) is 11.3 Å². The lowest BCUT2D eigenvalue weighted by Gasteiger charge is -2.24. The van der Waals surface area contributed by atoms with E-state index in [1.807, 2.05) is 36.4 Å². The van der Waals surface area contributed by atoms with Crippen LogP contribution < -0.4 is 19.9 Å². The van der Waals surface area contributed by atoms with E-state index >= 15 is 0 Å². The number of pyridine rings is 1. The van der Waals surface area contributed by atoms with Crippen molar-refractivity contribution in [1.82, 2.24) is 15.2 Å². The summed E-state index contributed by atoms with van der Waals surface area (Å²) < 4.78 is 16.5. The number of allylic oxidation sites excluding steroid dienone is 1. The Bertz CT molecular complexity index is 1110. The molecule has 0 radical (unpaired) electrons. The Labute approximate surface area is 153 Å². The Morgan fingerprint density at radius 1 is 1.19 bits per heavy atom. The molecule has 0 spiro atoms. The third-order valence-corrected chi connectivity index (χ3v) is 4.59. The summed E-state index contributed by atoms with van der Waals surface area (Å²) in [4.78, 5) is 4.38. The van der Waals surface area contributed by atoms with Gasteiger partial charge in [0.1, 0.15) is 11.6 Å². The topological polar surface area (TPSA) is 119 Å². The Kier molecular flexibility index (Phi) is 3.27. The van der Waals surface area contributed by atoms with Gasteiger partial charge >= 0.3 is 0 Å². The van der Waals surface area contributed by atoms with E-state index in [1.54, 1.807) is 6.20 Å². The number of aromatic amines is 1. The van der Waals surface area contributed by atoms with Gasteiger partial charge in [0.15, 0.2) is 11.5 Å². The van der Waals surface area contributed by atoms with Crippen molar-refractivity contribution in [2.45, 2.75) is 5.92 Å². The lowest BCUT2D eigenvalue weighted by Crippen LogP contribution is -2.21. The highest BCUT2D eigenvalue weighted by atomic mass is 16.7. The van der Waals surface area contributed by atoms with Crippen LogP contribution in [0.5, 0.6) is 17.4 Å². The highest BCUT2D eigenvalue weighted by Crippen LogP contribution is 2.47. The van der Waals surface area contributed by atoms with Gasteiger partial charge in [-0.3, -0.25) is 10.1 Å². The normalized spacial score (nSPS) is 17.2. The predicted molar refractivity (Wildman–Crippen MR) is 93.7 cm³/mol. The molecule has 0 saturated heterocycles. The van der Waals surface area contributed by atoms with Gasteiger partial charge in [0.05, 0.1) is 22.9 Å². The summed E-state index contributed by atoms with van der Waals surface area (Å²) in [6, 6.07) is 13.3. The van der Waals surface area contributed by atoms with Crippen LogP contribution in [0.4, 0.5) is 0 Å². The largest absolute Gasteiger partial charge is 0.454 e. The van der Waals surface area contributed by atoms with Gasteiger partial charge < -0.3 is 19.9 Å². The quantitative estimate of drug-likeness (QED) is 0.721. The fraction of sp³-hybridized carbons (Fsp3) is 0.105. The van der Waals surface area contributed by atoms with Crippen LogP contribution in [0.25, 0.3) is 11.4 Å². The molecule has 5 rings (SSSR count). The highest BCUT2D eigenvalue weighted by molar-refractivity contribution is 5.69. The van der Waals surface area contributed by atoms with Gasteiger partial charge in [-0.1, -0.05) is 12.1 Å². The van der Waals surface area contributed by atoms with Crippen LogP contribution in [-0.2, 0) is 0 Å². The third-order valence-electron chi connectivity index (χ3n) is 4.59. The second-order valence-electron chi connectivity index (χ2n) is 6.07. The third kappa shape index (κ3) is 2.29. The molecule has 1 aromatic carbocycles. The van der Waals surface area contributed by atoms with E-state index in [0.29, 0.717) is 39.9 Å². The van der Waals surface area contributed by atoms with Crippen LogP contribution in [0.2, 0.25) is 0 Å². The first kappa shape index (κ1) is 15.3. The first-order valence-electron chi connectivity index (χ1n) is 8.23. The minimum absolute atomic E-state index is 0.0340. The number of ether oxygens (including phenoxy) is 3. The molecule has 8 heteroatoms. The molecule has 0 amide bonds. The zero-order valence-corrected chi connectivity index (χ0v) is 14.0. The molecular weight excluding hydrogens is 346 g/mol. The summed E-state index contributed by atoms with van der Waals surface area (Å²) in [5, 5.41) is 16.9. The van der Waals surface area contributed by atoms with Gasteiger partial charge in [0.2, 0.25) is 18.6 Å². The van der Waals surface area contributed by atoms with Crippen molar-refractivity contribution >= 4 is 0 Å². The van der Waals surface area contributed by atoms with Gasteiger partial charge in [-0.15, -0.1) is 5.10 Å². The maximum absolute atomic E-state index is 9.74. The standard InChI is InChI=1S/C19H13N5O3/c20-8-11-15(10-4-5-13-14(7-10)26-9-25-13)16-17(12-3-1-2-6-22-12)23-24-19(16)27-18(11)21/h1-7,15H,9,21H2,(H,23,24)/t15-/m0/s1. The van der Waals surface area contributed by atoms with Crippen LogP contribution in [0.3, 0.4) is 0 Å². The van der Waals surface area contributed by atoms with Gasteiger partial charge in [-0.2, -0.15) is 5.26 Å². The fourth-order valence-electron chi connectivity index (χ4n) is 3.38. The number of nitriles is 1. The highest BCUT2D eigenvalue weighted by Gasteiger charge is 2.36. The Hall–Kier alpha value is -3.99. The SMILES string of the molecule is N#CC1=C(N)Oc2n[nH]c(-c3ccccn3)c2[C@H]1c1ccc2c(c1)OCO2. The Balaban J connectivity index is 1.73. The monoisotopic (exact) mass is 359 g/mol. The molecule has 2 aliphatic rings. The molecule has 4 heterocycles. The summed E-state index contributed by atoms with van der Waals surface area (Å²) in [6.45, 7) is 0.172. The van der Waals surface area contributed by atoms with Crippen molar-refractivity contribution in [2.75, 3.05) is 6.79 Å². The molecule has 3 N–H and O–H groups in total. The van der Waals surface area contributed by atoms with Gasteiger partial charge in [-0.05, 0) is 29.8 Å². The molecule has 0 unspecified atom stereocenters. The van der Waals surface area contributed by atoms with Crippen LogP contribution in [0.1, 0.15) is 17.0 Å². The molecule has 0 aliphatic carbocycles. The second kappa shape index (κ2) is 5.78. The molecule has 2 aromatic heterocycles. The fourth-order valence-corrected chi connectivity index (χ4v) is 3.38. The van der Waals surface area contributed by atoms with Crippen molar-refractivity contribution in [1.29, 1.82) is 5.26 Å².